The molecule has 0 unspecified atom stereocenters. The van der Waals surface area contributed by atoms with Crippen molar-refractivity contribution in [3.63, 3.8) is 0 Å². The topological polar surface area (TPSA) is 37.4 Å². The first-order valence-corrected chi connectivity index (χ1v) is 7.62. The average molecular weight is 305 g/mol. The maximum absolute atomic E-state index is 5.54. The Morgan fingerprint density at radius 1 is 1.13 bits per heavy atom. The summed E-state index contributed by atoms with van der Waals surface area (Å²) in [5.41, 5.74) is 7.27. The Kier molecular flexibility index (Phi) is 4.60. The summed E-state index contributed by atoms with van der Waals surface area (Å²) in [7, 11) is 0. The Morgan fingerprint density at radius 2 is 1.96 bits per heavy atom. The Balaban J connectivity index is 1.62. The molecular formula is C19H19N3O. The van der Waals surface area contributed by atoms with Gasteiger partial charge in [-0.2, -0.15) is 0 Å². The first-order valence-electron chi connectivity index (χ1n) is 7.62. The van der Waals surface area contributed by atoms with E-state index in [0.717, 1.165) is 30.0 Å². The van der Waals surface area contributed by atoms with Crippen LogP contribution < -0.4 is 10.6 Å². The molecule has 2 aromatic rings. The molecule has 1 aromatic carbocycles. The molecular weight excluding hydrogens is 286 g/mol. The second-order valence-electron chi connectivity index (χ2n) is 5.42. The molecule has 2 heterocycles. The van der Waals surface area contributed by atoms with E-state index in [1.165, 1.54) is 11.1 Å². The molecule has 0 saturated carbocycles. The summed E-state index contributed by atoms with van der Waals surface area (Å²) in [5, 5.41) is 1.92. The van der Waals surface area contributed by atoms with E-state index in [1.54, 1.807) is 6.20 Å². The molecule has 0 radical (unpaired) electrons. The van der Waals surface area contributed by atoms with E-state index in [4.69, 9.17) is 4.84 Å². The highest BCUT2D eigenvalue weighted by atomic mass is 16.7. The molecule has 0 bridgehead atoms. The molecule has 0 spiro atoms. The van der Waals surface area contributed by atoms with E-state index in [1.807, 2.05) is 29.4 Å². The molecule has 1 aromatic heterocycles. The predicted octanol–water partition coefficient (Wildman–Crippen LogP) is 3.63. The summed E-state index contributed by atoms with van der Waals surface area (Å²) < 4.78 is 0. The van der Waals surface area contributed by atoms with Gasteiger partial charge in [0.15, 0.2) is 0 Å². The van der Waals surface area contributed by atoms with Crippen LogP contribution in [-0.2, 0) is 4.84 Å². The van der Waals surface area contributed by atoms with Crippen LogP contribution in [0.5, 0.6) is 0 Å². The Labute approximate surface area is 136 Å². The zero-order valence-corrected chi connectivity index (χ0v) is 13.3. The number of anilines is 1. The van der Waals surface area contributed by atoms with Crippen molar-refractivity contribution in [1.29, 1.82) is 0 Å². The van der Waals surface area contributed by atoms with Crippen LogP contribution in [0.3, 0.4) is 0 Å². The van der Waals surface area contributed by atoms with Crippen molar-refractivity contribution in [1.82, 2.24) is 10.6 Å². The summed E-state index contributed by atoms with van der Waals surface area (Å²) in [5.74, 6) is 7.06. The monoisotopic (exact) mass is 305 g/mol. The number of benzene rings is 1. The highest BCUT2D eigenvalue weighted by Gasteiger charge is 2.17. The molecule has 3 rings (SSSR count). The zero-order chi connectivity index (χ0) is 16.1. The third-order valence-electron chi connectivity index (χ3n) is 3.61. The lowest BCUT2D eigenvalue weighted by atomic mass is 10.1. The fourth-order valence-corrected chi connectivity index (χ4v) is 2.49. The molecule has 4 heteroatoms. The van der Waals surface area contributed by atoms with Crippen LogP contribution in [0.2, 0.25) is 0 Å². The van der Waals surface area contributed by atoms with E-state index in [9.17, 15) is 0 Å². The minimum atomic E-state index is 0.727. The highest BCUT2D eigenvalue weighted by Crippen LogP contribution is 2.27. The Bertz CT molecular complexity index is 752. The predicted molar refractivity (Wildman–Crippen MR) is 91.0 cm³/mol. The normalized spacial score (nSPS) is 13.1. The summed E-state index contributed by atoms with van der Waals surface area (Å²) in [6.07, 6.45) is 5.22. The Morgan fingerprint density at radius 3 is 2.70 bits per heavy atom. The molecule has 1 N–H and O–H groups in total. The van der Waals surface area contributed by atoms with E-state index in [2.05, 4.69) is 54.5 Å². The van der Waals surface area contributed by atoms with Crippen LogP contribution >= 0.6 is 0 Å². The molecule has 1 aliphatic rings. The van der Waals surface area contributed by atoms with Crippen molar-refractivity contribution < 1.29 is 4.84 Å². The number of nitrogens with one attached hydrogen (secondary N) is 1. The fourth-order valence-electron chi connectivity index (χ4n) is 2.49. The van der Waals surface area contributed by atoms with E-state index in [-0.39, 0.29) is 0 Å². The zero-order valence-electron chi connectivity index (χ0n) is 13.3. The lowest BCUT2D eigenvalue weighted by Gasteiger charge is -2.18. The van der Waals surface area contributed by atoms with Gasteiger partial charge >= 0.3 is 0 Å². The van der Waals surface area contributed by atoms with Crippen molar-refractivity contribution in [2.75, 3.05) is 5.01 Å². The lowest BCUT2D eigenvalue weighted by Crippen LogP contribution is -2.28. The van der Waals surface area contributed by atoms with Gasteiger partial charge in [0.2, 0.25) is 0 Å². The third-order valence-corrected chi connectivity index (χ3v) is 3.61. The molecule has 0 atom stereocenters. The standard InChI is InChI=1S/C19H19N3O/c1-15-8-7-9-16(2)19(15)22-14-18(23-21-22)12-4-3-10-17-11-5-6-13-20-17/h5-9,11,13-14,21H,4,12H2,1-2H3. The molecule has 0 saturated heterocycles. The first kappa shape index (κ1) is 15.1. The van der Waals surface area contributed by atoms with Crippen LogP contribution in [0.15, 0.2) is 54.6 Å². The SMILES string of the molecule is Cc1cccc(C)c1N1C=C(CCC#Cc2ccccn2)ON1. The molecule has 0 aliphatic carbocycles. The smallest absolute Gasteiger partial charge is 0.145 e. The maximum Gasteiger partial charge on any atom is 0.145 e. The van der Waals surface area contributed by atoms with Crippen LogP contribution in [0.25, 0.3) is 0 Å². The number of aromatic nitrogens is 1. The van der Waals surface area contributed by atoms with E-state index in [0.29, 0.717) is 0 Å². The summed E-state index contributed by atoms with van der Waals surface area (Å²) in [6.45, 7) is 4.18. The second kappa shape index (κ2) is 6.99. The number of rotatable bonds is 3. The summed E-state index contributed by atoms with van der Waals surface area (Å²) >= 11 is 0. The van der Waals surface area contributed by atoms with Crippen LogP contribution in [-0.4, -0.2) is 4.98 Å². The number of nitrogens with zero attached hydrogens (tertiary/aromatic N) is 2. The van der Waals surface area contributed by atoms with Gasteiger partial charge in [-0.05, 0) is 43.0 Å². The van der Waals surface area contributed by atoms with Gasteiger partial charge in [-0.3, -0.25) is 0 Å². The van der Waals surface area contributed by atoms with Crippen molar-refractivity contribution in [2.24, 2.45) is 0 Å². The van der Waals surface area contributed by atoms with Gasteiger partial charge in [0.1, 0.15) is 11.5 Å². The number of para-hydroxylation sites is 1. The van der Waals surface area contributed by atoms with Crippen molar-refractivity contribution >= 4 is 5.69 Å². The summed E-state index contributed by atoms with van der Waals surface area (Å²) in [6, 6.07) is 12.0. The van der Waals surface area contributed by atoms with Gasteiger partial charge in [0.25, 0.3) is 0 Å². The van der Waals surface area contributed by atoms with Gasteiger partial charge in [0, 0.05) is 19.0 Å². The van der Waals surface area contributed by atoms with Gasteiger partial charge in [0.05, 0.1) is 11.9 Å². The third kappa shape index (κ3) is 3.71. The number of hydrogen-bond donors (Lipinski definition) is 1. The number of pyridine rings is 1. The lowest BCUT2D eigenvalue weighted by molar-refractivity contribution is 0.124. The van der Waals surface area contributed by atoms with Gasteiger partial charge in [-0.15, -0.1) is 0 Å². The molecule has 0 amide bonds. The van der Waals surface area contributed by atoms with Crippen LogP contribution in [0, 0.1) is 25.7 Å². The maximum atomic E-state index is 5.54. The quantitative estimate of drug-likeness (QED) is 0.879. The molecule has 23 heavy (non-hydrogen) atoms. The molecule has 1 aliphatic heterocycles. The number of aryl methyl sites for hydroxylation is 2. The van der Waals surface area contributed by atoms with Crippen LogP contribution in [0.4, 0.5) is 5.69 Å². The Hall–Kier alpha value is -2.77. The van der Waals surface area contributed by atoms with Gasteiger partial charge in [-0.25, -0.2) is 9.99 Å². The largest absolute Gasteiger partial charge is 0.391 e. The minimum absolute atomic E-state index is 0.727. The van der Waals surface area contributed by atoms with Crippen LogP contribution in [0.1, 0.15) is 29.7 Å². The number of hydrazine groups is 1. The van der Waals surface area contributed by atoms with Gasteiger partial charge < -0.3 is 4.84 Å². The molecule has 116 valence electrons. The van der Waals surface area contributed by atoms with Gasteiger partial charge in [-0.1, -0.05) is 35.8 Å². The van der Waals surface area contributed by atoms with Crippen molar-refractivity contribution in [3.05, 3.63) is 71.4 Å². The molecule has 0 fully saturated rings. The average Bonchev–Trinajstić information content (AvgIpc) is 3.01. The molecule has 4 nitrogen and oxygen atoms in total. The number of allylic oxidation sites excluding steroid dienone is 1. The number of hydrogen-bond acceptors (Lipinski definition) is 4. The first-order chi connectivity index (χ1) is 11.2. The van der Waals surface area contributed by atoms with Crippen molar-refractivity contribution in [2.45, 2.75) is 26.7 Å². The minimum Gasteiger partial charge on any atom is -0.391 e. The van der Waals surface area contributed by atoms with Crippen molar-refractivity contribution in [3.8, 4) is 11.8 Å². The summed E-state index contributed by atoms with van der Waals surface area (Å²) in [4.78, 5) is 9.72. The highest BCUT2D eigenvalue weighted by molar-refractivity contribution is 5.60. The second-order valence-corrected chi connectivity index (χ2v) is 5.42. The van der Waals surface area contributed by atoms with E-state index < -0.39 is 0 Å². The van der Waals surface area contributed by atoms with E-state index >= 15 is 0 Å². The fraction of sp³-hybridized carbons (Fsp3) is 0.211.